The maximum absolute atomic E-state index is 2.57. The van der Waals surface area contributed by atoms with Crippen molar-refractivity contribution in [2.45, 2.75) is 31.6 Å². The monoisotopic (exact) mass is 236 g/mol. The van der Waals surface area contributed by atoms with Gasteiger partial charge < -0.3 is 0 Å². The highest BCUT2D eigenvalue weighted by molar-refractivity contribution is 5.31. The molecule has 5 aliphatic carbocycles. The van der Waals surface area contributed by atoms with Gasteiger partial charge in [-0.25, -0.2) is 0 Å². The van der Waals surface area contributed by atoms with Crippen LogP contribution in [0.25, 0.3) is 0 Å². The SMILES string of the molecule is C1=CC2CC1CC13CC(c4ccccc4)C(C1)C23. The molecule has 0 aliphatic heterocycles. The van der Waals surface area contributed by atoms with Crippen molar-refractivity contribution >= 4 is 0 Å². The molecule has 5 aliphatic rings. The second kappa shape index (κ2) is 3.10. The minimum Gasteiger partial charge on any atom is -0.0851 e. The Hall–Kier alpha value is -1.04. The zero-order valence-electron chi connectivity index (χ0n) is 10.8. The number of rotatable bonds is 1. The molecule has 1 aromatic rings. The molecule has 6 atom stereocenters. The van der Waals surface area contributed by atoms with Crippen LogP contribution in [0.5, 0.6) is 0 Å². The smallest absolute Gasteiger partial charge is 0.0125 e. The Morgan fingerprint density at radius 1 is 0.944 bits per heavy atom. The number of benzene rings is 1. The molecule has 4 saturated carbocycles. The van der Waals surface area contributed by atoms with Crippen LogP contribution in [0, 0.1) is 29.1 Å². The van der Waals surface area contributed by atoms with E-state index in [4.69, 9.17) is 0 Å². The Bertz CT molecular complexity index is 514. The fraction of sp³-hybridized carbons (Fsp3) is 0.556. The van der Waals surface area contributed by atoms with Gasteiger partial charge in [0.05, 0.1) is 0 Å². The van der Waals surface area contributed by atoms with Crippen LogP contribution in [0.1, 0.15) is 37.2 Å². The highest BCUT2D eigenvalue weighted by Crippen LogP contribution is 2.76. The Kier molecular flexibility index (Phi) is 1.69. The molecule has 92 valence electrons. The van der Waals surface area contributed by atoms with E-state index in [9.17, 15) is 0 Å². The van der Waals surface area contributed by atoms with Crippen LogP contribution in [-0.2, 0) is 0 Å². The molecule has 6 rings (SSSR count). The van der Waals surface area contributed by atoms with Crippen LogP contribution in [0.4, 0.5) is 0 Å². The van der Waals surface area contributed by atoms with Gasteiger partial charge >= 0.3 is 0 Å². The molecule has 1 spiro atoms. The second-order valence-electron chi connectivity index (χ2n) is 7.23. The van der Waals surface area contributed by atoms with Gasteiger partial charge in [0.2, 0.25) is 0 Å². The van der Waals surface area contributed by atoms with Crippen LogP contribution in [0.3, 0.4) is 0 Å². The third kappa shape index (κ3) is 1.04. The maximum Gasteiger partial charge on any atom is -0.0125 e. The normalized spacial score (nSPS) is 51.0. The maximum atomic E-state index is 2.57. The van der Waals surface area contributed by atoms with Crippen molar-refractivity contribution in [1.82, 2.24) is 0 Å². The number of fused-ring (bicyclic) bond motifs is 3. The third-order valence-corrected chi connectivity index (χ3v) is 6.52. The Labute approximate surface area is 109 Å². The fourth-order valence-corrected chi connectivity index (χ4v) is 6.11. The van der Waals surface area contributed by atoms with Crippen molar-refractivity contribution in [3.8, 4) is 0 Å². The van der Waals surface area contributed by atoms with Gasteiger partial charge in [-0.1, -0.05) is 42.5 Å². The van der Waals surface area contributed by atoms with E-state index in [2.05, 4.69) is 42.5 Å². The highest BCUT2D eigenvalue weighted by atomic mass is 14.7. The van der Waals surface area contributed by atoms with Crippen LogP contribution in [-0.4, -0.2) is 0 Å². The van der Waals surface area contributed by atoms with Crippen molar-refractivity contribution in [2.75, 3.05) is 0 Å². The van der Waals surface area contributed by atoms with Crippen molar-refractivity contribution in [3.05, 3.63) is 48.0 Å². The third-order valence-electron chi connectivity index (χ3n) is 6.52. The van der Waals surface area contributed by atoms with Crippen molar-refractivity contribution in [2.24, 2.45) is 29.1 Å². The summed E-state index contributed by atoms with van der Waals surface area (Å²) in [5.41, 5.74) is 2.37. The van der Waals surface area contributed by atoms with E-state index < -0.39 is 0 Å². The summed E-state index contributed by atoms with van der Waals surface area (Å²) >= 11 is 0. The zero-order valence-corrected chi connectivity index (χ0v) is 10.8. The molecular weight excluding hydrogens is 216 g/mol. The first-order valence-corrected chi connectivity index (χ1v) is 7.59. The molecule has 0 aromatic heterocycles. The Balaban J connectivity index is 1.53. The van der Waals surface area contributed by atoms with Gasteiger partial charge in [-0.2, -0.15) is 0 Å². The number of hydrogen-bond acceptors (Lipinski definition) is 0. The molecule has 0 radical (unpaired) electrons. The molecule has 18 heavy (non-hydrogen) atoms. The van der Waals surface area contributed by atoms with Crippen LogP contribution in [0.2, 0.25) is 0 Å². The van der Waals surface area contributed by atoms with Gasteiger partial charge in [-0.15, -0.1) is 0 Å². The number of hydrogen-bond donors (Lipinski definition) is 0. The van der Waals surface area contributed by atoms with Crippen molar-refractivity contribution in [3.63, 3.8) is 0 Å². The van der Waals surface area contributed by atoms with Crippen LogP contribution >= 0.6 is 0 Å². The van der Waals surface area contributed by atoms with E-state index in [1.807, 2.05) is 0 Å². The number of allylic oxidation sites excluding steroid dienone is 2. The lowest BCUT2D eigenvalue weighted by Crippen LogP contribution is -2.47. The predicted molar refractivity (Wildman–Crippen MR) is 73.2 cm³/mol. The van der Waals surface area contributed by atoms with Crippen LogP contribution < -0.4 is 0 Å². The van der Waals surface area contributed by atoms with Gasteiger partial charge in [0, 0.05) is 0 Å². The largest absolute Gasteiger partial charge is 0.0851 e. The summed E-state index contributed by atoms with van der Waals surface area (Å²) in [6.45, 7) is 0. The quantitative estimate of drug-likeness (QED) is 0.634. The van der Waals surface area contributed by atoms with Gasteiger partial charge in [0.25, 0.3) is 0 Å². The molecule has 0 nitrogen and oxygen atoms in total. The standard InChI is InChI=1S/C18H20/c1-2-4-13(5-3-1)15-10-18-9-12-6-7-14(8-12)17(18)16(15)11-18/h1-7,12,14-17H,8-11H2. The molecule has 4 bridgehead atoms. The summed E-state index contributed by atoms with van der Waals surface area (Å²) in [5.74, 6) is 4.79. The summed E-state index contributed by atoms with van der Waals surface area (Å²) < 4.78 is 0. The zero-order chi connectivity index (χ0) is 11.7. The first-order valence-electron chi connectivity index (χ1n) is 7.59. The summed E-state index contributed by atoms with van der Waals surface area (Å²) in [7, 11) is 0. The minimum absolute atomic E-state index is 0.752. The lowest BCUT2D eigenvalue weighted by atomic mass is 9.50. The Morgan fingerprint density at radius 3 is 2.72 bits per heavy atom. The second-order valence-corrected chi connectivity index (χ2v) is 7.23. The van der Waals surface area contributed by atoms with Crippen LogP contribution in [0.15, 0.2) is 42.5 Å². The van der Waals surface area contributed by atoms with E-state index in [0.29, 0.717) is 0 Å². The first kappa shape index (κ1) is 9.83. The van der Waals surface area contributed by atoms with Gasteiger partial charge in [0.1, 0.15) is 0 Å². The highest BCUT2D eigenvalue weighted by Gasteiger charge is 2.67. The first-order chi connectivity index (χ1) is 8.86. The summed E-state index contributed by atoms with van der Waals surface area (Å²) in [6.07, 6.45) is 11.1. The summed E-state index contributed by atoms with van der Waals surface area (Å²) in [4.78, 5) is 0. The molecule has 0 N–H and O–H groups in total. The molecule has 6 unspecified atom stereocenters. The molecule has 0 heteroatoms. The van der Waals surface area contributed by atoms with E-state index in [0.717, 1.165) is 35.0 Å². The molecule has 0 heterocycles. The molecule has 4 fully saturated rings. The van der Waals surface area contributed by atoms with Gasteiger partial charge in [-0.3, -0.25) is 0 Å². The molecule has 1 aromatic carbocycles. The average Bonchev–Trinajstić information content (AvgIpc) is 3.02. The van der Waals surface area contributed by atoms with E-state index >= 15 is 0 Å². The Morgan fingerprint density at radius 2 is 1.83 bits per heavy atom. The van der Waals surface area contributed by atoms with E-state index in [-0.39, 0.29) is 0 Å². The summed E-state index contributed by atoms with van der Waals surface area (Å²) in [6, 6.07) is 11.3. The minimum atomic E-state index is 0.752. The average molecular weight is 236 g/mol. The van der Waals surface area contributed by atoms with Crippen molar-refractivity contribution < 1.29 is 0 Å². The topological polar surface area (TPSA) is 0 Å². The molecule has 0 saturated heterocycles. The van der Waals surface area contributed by atoms with Gasteiger partial charge in [-0.05, 0) is 66.3 Å². The lowest BCUT2D eigenvalue weighted by Gasteiger charge is -2.54. The summed E-state index contributed by atoms with van der Waals surface area (Å²) in [5, 5.41) is 0. The van der Waals surface area contributed by atoms with Crippen molar-refractivity contribution in [1.29, 1.82) is 0 Å². The lowest BCUT2D eigenvalue weighted by molar-refractivity contribution is -0.0477. The van der Waals surface area contributed by atoms with E-state index in [1.54, 1.807) is 5.56 Å². The van der Waals surface area contributed by atoms with Gasteiger partial charge in [0.15, 0.2) is 0 Å². The molecule has 0 amide bonds. The predicted octanol–water partition coefficient (Wildman–Crippen LogP) is 4.39. The fourth-order valence-electron chi connectivity index (χ4n) is 6.11. The van der Waals surface area contributed by atoms with E-state index in [1.165, 1.54) is 25.7 Å². The molecular formula is C18H20.